The quantitative estimate of drug-likeness (QED) is 0.660. The van der Waals surface area contributed by atoms with Crippen molar-refractivity contribution in [2.75, 3.05) is 0 Å². The summed E-state index contributed by atoms with van der Waals surface area (Å²) in [4.78, 5) is 10.7. The van der Waals surface area contributed by atoms with Crippen LogP contribution in [0.3, 0.4) is 0 Å². The molecule has 0 saturated carbocycles. The highest BCUT2D eigenvalue weighted by Gasteiger charge is 2.08. The zero-order valence-corrected chi connectivity index (χ0v) is 9.28. The van der Waals surface area contributed by atoms with E-state index in [1.807, 2.05) is 0 Å². The average molecular weight is 302 g/mol. The van der Waals surface area contributed by atoms with Crippen LogP contribution in [-0.4, -0.2) is 21.3 Å². The van der Waals surface area contributed by atoms with Gasteiger partial charge < -0.3 is 5.11 Å². The predicted octanol–water partition coefficient (Wildman–Crippen LogP) is 2.20. The number of hydrogen-bond acceptors (Lipinski definition) is 2. The van der Waals surface area contributed by atoms with Gasteiger partial charge in [-0.2, -0.15) is 5.10 Å². The van der Waals surface area contributed by atoms with Crippen LogP contribution in [0.15, 0.2) is 18.2 Å². The minimum absolute atomic E-state index is 0.296. The summed E-state index contributed by atoms with van der Waals surface area (Å²) in [6, 6.07) is 4.92. The predicted molar refractivity (Wildman–Crippen MR) is 60.8 cm³/mol. The number of H-pyrrole nitrogens is 1. The Morgan fingerprint density at radius 3 is 3.00 bits per heavy atom. The molecule has 72 valence electrons. The number of aromatic nitrogens is 2. The number of benzene rings is 1. The number of carbonyl (C=O) groups is 1. The number of nitrogens with one attached hydrogen (secondary N) is 1. The van der Waals surface area contributed by atoms with Crippen LogP contribution >= 0.6 is 22.6 Å². The number of halogens is 1. The van der Waals surface area contributed by atoms with Crippen molar-refractivity contribution in [3.63, 3.8) is 0 Å². The van der Waals surface area contributed by atoms with Crippen LogP contribution in [-0.2, 0) is 4.43 Å². The van der Waals surface area contributed by atoms with Gasteiger partial charge in [0.05, 0.1) is 16.8 Å². The van der Waals surface area contributed by atoms with Crippen LogP contribution in [0, 0.1) is 0 Å². The normalized spacial score (nSPS) is 10.6. The van der Waals surface area contributed by atoms with Crippen LogP contribution in [0.2, 0.25) is 0 Å². The van der Waals surface area contributed by atoms with E-state index < -0.39 is 5.97 Å². The molecular formula is C9H7IN2O2. The van der Waals surface area contributed by atoms with Gasteiger partial charge >= 0.3 is 5.97 Å². The molecule has 0 amide bonds. The van der Waals surface area contributed by atoms with E-state index in [-0.39, 0.29) is 0 Å². The van der Waals surface area contributed by atoms with Crippen LogP contribution in [0.4, 0.5) is 0 Å². The number of fused-ring (bicyclic) bond motifs is 1. The molecule has 0 saturated heterocycles. The molecule has 1 aromatic heterocycles. The molecule has 5 heteroatoms. The smallest absolute Gasteiger partial charge is 0.335 e. The molecule has 2 rings (SSSR count). The Balaban J connectivity index is 2.67. The van der Waals surface area contributed by atoms with Crippen molar-refractivity contribution >= 4 is 39.5 Å². The van der Waals surface area contributed by atoms with Gasteiger partial charge in [-0.05, 0) is 18.2 Å². The van der Waals surface area contributed by atoms with Crippen molar-refractivity contribution in [3.8, 4) is 0 Å². The Bertz CT molecular complexity index is 493. The fraction of sp³-hybridized carbons (Fsp3) is 0.111. The lowest BCUT2D eigenvalue weighted by molar-refractivity contribution is 0.0697. The lowest BCUT2D eigenvalue weighted by Crippen LogP contribution is -1.95. The average Bonchev–Trinajstić information content (AvgIpc) is 2.59. The van der Waals surface area contributed by atoms with Gasteiger partial charge in [-0.1, -0.05) is 22.6 Å². The standard InChI is InChI=1S/C9H7IN2O2/c10-4-8-6-3-5(9(13)14)1-2-7(6)11-12-8/h1-3H,4H2,(H,11,12)(H,13,14). The second kappa shape index (κ2) is 3.56. The lowest BCUT2D eigenvalue weighted by atomic mass is 10.1. The number of carboxylic acid groups (broad SMARTS) is 1. The molecule has 4 nitrogen and oxygen atoms in total. The maximum Gasteiger partial charge on any atom is 0.335 e. The summed E-state index contributed by atoms with van der Waals surface area (Å²) < 4.78 is 0.789. The summed E-state index contributed by atoms with van der Waals surface area (Å²) >= 11 is 2.21. The first kappa shape index (κ1) is 9.45. The third-order valence-electron chi connectivity index (χ3n) is 2.01. The van der Waals surface area contributed by atoms with Crippen LogP contribution < -0.4 is 0 Å². The summed E-state index contributed by atoms with van der Waals surface area (Å²) in [5.41, 5.74) is 2.07. The van der Waals surface area contributed by atoms with Crippen LogP contribution in [0.1, 0.15) is 16.1 Å². The van der Waals surface area contributed by atoms with Crippen LogP contribution in [0.25, 0.3) is 10.9 Å². The minimum atomic E-state index is -0.910. The third-order valence-corrected chi connectivity index (χ3v) is 2.78. The Morgan fingerprint density at radius 2 is 2.36 bits per heavy atom. The van der Waals surface area contributed by atoms with E-state index in [0.29, 0.717) is 5.56 Å². The fourth-order valence-corrected chi connectivity index (χ4v) is 1.88. The van der Waals surface area contributed by atoms with E-state index in [2.05, 4.69) is 32.8 Å². The molecule has 0 unspecified atom stereocenters. The monoisotopic (exact) mass is 302 g/mol. The maximum atomic E-state index is 10.7. The Hall–Kier alpha value is -1.11. The third kappa shape index (κ3) is 1.47. The Labute approximate surface area is 93.5 Å². The van der Waals surface area contributed by atoms with E-state index >= 15 is 0 Å². The maximum absolute atomic E-state index is 10.7. The molecule has 0 aliphatic carbocycles. The molecule has 0 radical (unpaired) electrons. The molecule has 1 aromatic carbocycles. The number of alkyl halides is 1. The number of nitrogens with zero attached hydrogens (tertiary/aromatic N) is 1. The first-order valence-corrected chi connectivity index (χ1v) is 5.51. The van der Waals surface area contributed by atoms with Crippen molar-refractivity contribution < 1.29 is 9.90 Å². The van der Waals surface area contributed by atoms with Gasteiger partial charge in [-0.3, -0.25) is 5.10 Å². The molecule has 0 aliphatic heterocycles. The van der Waals surface area contributed by atoms with Gasteiger partial charge in [0.2, 0.25) is 0 Å². The van der Waals surface area contributed by atoms with Gasteiger partial charge in [0.1, 0.15) is 0 Å². The minimum Gasteiger partial charge on any atom is -0.478 e. The second-order valence-corrected chi connectivity index (χ2v) is 3.64. The van der Waals surface area contributed by atoms with Gasteiger partial charge in [0, 0.05) is 9.81 Å². The van der Waals surface area contributed by atoms with Gasteiger partial charge in [-0.25, -0.2) is 4.79 Å². The molecule has 2 N–H and O–H groups in total. The first-order valence-electron chi connectivity index (χ1n) is 3.98. The summed E-state index contributed by atoms with van der Waals surface area (Å²) in [7, 11) is 0. The Morgan fingerprint density at radius 1 is 1.57 bits per heavy atom. The largest absolute Gasteiger partial charge is 0.478 e. The zero-order valence-electron chi connectivity index (χ0n) is 7.12. The van der Waals surface area contributed by atoms with Crippen LogP contribution in [0.5, 0.6) is 0 Å². The van der Waals surface area contributed by atoms with E-state index in [4.69, 9.17) is 5.11 Å². The molecule has 14 heavy (non-hydrogen) atoms. The van der Waals surface area contributed by atoms with Crippen molar-refractivity contribution in [2.24, 2.45) is 0 Å². The molecule has 0 bridgehead atoms. The highest BCUT2D eigenvalue weighted by atomic mass is 127. The molecule has 0 aliphatic rings. The highest BCUT2D eigenvalue weighted by Crippen LogP contribution is 2.19. The van der Waals surface area contributed by atoms with E-state index in [1.54, 1.807) is 18.2 Å². The molecule has 2 aromatic rings. The Kier molecular flexibility index (Phi) is 2.40. The molecule has 1 heterocycles. The number of aromatic amines is 1. The fourth-order valence-electron chi connectivity index (χ4n) is 1.30. The van der Waals surface area contributed by atoms with Crippen molar-refractivity contribution in [1.82, 2.24) is 10.2 Å². The molecule has 0 atom stereocenters. The van der Waals surface area contributed by atoms with Crippen molar-refractivity contribution in [2.45, 2.75) is 4.43 Å². The van der Waals surface area contributed by atoms with E-state index in [1.165, 1.54) is 0 Å². The number of carboxylic acids is 1. The summed E-state index contributed by atoms with van der Waals surface area (Å²) in [6.45, 7) is 0. The molecule has 0 spiro atoms. The van der Waals surface area contributed by atoms with Gasteiger partial charge in [0.25, 0.3) is 0 Å². The van der Waals surface area contributed by atoms with Crippen molar-refractivity contribution in [3.05, 3.63) is 29.5 Å². The molecule has 0 fully saturated rings. The number of hydrogen-bond donors (Lipinski definition) is 2. The SMILES string of the molecule is O=C(O)c1ccc2n[nH]c(CI)c2c1. The summed E-state index contributed by atoms with van der Waals surface area (Å²) in [5, 5.41) is 16.6. The topological polar surface area (TPSA) is 66.0 Å². The lowest BCUT2D eigenvalue weighted by Gasteiger charge is -1.94. The summed E-state index contributed by atoms with van der Waals surface area (Å²) in [6.07, 6.45) is 0. The van der Waals surface area contributed by atoms with Crippen molar-refractivity contribution in [1.29, 1.82) is 0 Å². The number of aromatic carboxylic acids is 1. The van der Waals surface area contributed by atoms with E-state index in [9.17, 15) is 4.79 Å². The van der Waals surface area contributed by atoms with Gasteiger partial charge in [-0.15, -0.1) is 0 Å². The zero-order chi connectivity index (χ0) is 10.1. The highest BCUT2D eigenvalue weighted by molar-refractivity contribution is 14.1. The number of rotatable bonds is 2. The van der Waals surface area contributed by atoms with Gasteiger partial charge in [0.15, 0.2) is 0 Å². The second-order valence-electron chi connectivity index (χ2n) is 2.87. The first-order chi connectivity index (χ1) is 6.72. The molecular weight excluding hydrogens is 295 g/mol. The summed E-state index contributed by atoms with van der Waals surface area (Å²) in [5.74, 6) is -0.910. The van der Waals surface area contributed by atoms with E-state index in [0.717, 1.165) is 21.0 Å².